The molecule has 0 saturated carbocycles. The average Bonchev–Trinajstić information content (AvgIpc) is 2.38. The van der Waals surface area contributed by atoms with Gasteiger partial charge in [0.2, 0.25) is 5.91 Å². The SMILES string of the molecule is O=C1C[C@H](c2ccccc2Cl)c2ccc(O)cc2N1. The first kappa shape index (κ1) is 12.1. The van der Waals surface area contributed by atoms with Crippen molar-refractivity contribution in [3.63, 3.8) is 0 Å². The van der Waals surface area contributed by atoms with Crippen LogP contribution in [0, 0.1) is 0 Å². The van der Waals surface area contributed by atoms with E-state index in [0.29, 0.717) is 17.1 Å². The summed E-state index contributed by atoms with van der Waals surface area (Å²) in [7, 11) is 0. The summed E-state index contributed by atoms with van der Waals surface area (Å²) in [6, 6.07) is 12.6. The molecule has 2 N–H and O–H groups in total. The van der Waals surface area contributed by atoms with Gasteiger partial charge in [-0.2, -0.15) is 0 Å². The zero-order chi connectivity index (χ0) is 13.4. The minimum atomic E-state index is -0.0713. The quantitative estimate of drug-likeness (QED) is 0.835. The molecule has 0 radical (unpaired) electrons. The zero-order valence-corrected chi connectivity index (χ0v) is 10.8. The number of hydrogen-bond donors (Lipinski definition) is 2. The van der Waals surface area contributed by atoms with Gasteiger partial charge in [0.05, 0.1) is 0 Å². The van der Waals surface area contributed by atoms with E-state index < -0.39 is 0 Å². The van der Waals surface area contributed by atoms with Crippen LogP contribution in [0.15, 0.2) is 42.5 Å². The number of amides is 1. The van der Waals surface area contributed by atoms with E-state index in [1.807, 2.05) is 30.3 Å². The number of anilines is 1. The number of benzene rings is 2. The third-order valence-corrected chi connectivity index (χ3v) is 3.70. The summed E-state index contributed by atoms with van der Waals surface area (Å²) < 4.78 is 0. The Morgan fingerprint density at radius 1 is 1.16 bits per heavy atom. The van der Waals surface area contributed by atoms with Crippen molar-refractivity contribution < 1.29 is 9.90 Å². The summed E-state index contributed by atoms with van der Waals surface area (Å²) in [4.78, 5) is 11.8. The van der Waals surface area contributed by atoms with Crippen LogP contribution in [0.2, 0.25) is 5.02 Å². The summed E-state index contributed by atoms with van der Waals surface area (Å²) in [5.74, 6) is -0.0000663. The maximum Gasteiger partial charge on any atom is 0.225 e. The van der Waals surface area contributed by atoms with Gasteiger partial charge >= 0.3 is 0 Å². The van der Waals surface area contributed by atoms with Crippen LogP contribution >= 0.6 is 11.6 Å². The lowest BCUT2D eigenvalue weighted by molar-refractivity contribution is -0.116. The number of nitrogens with one attached hydrogen (secondary N) is 1. The van der Waals surface area contributed by atoms with Gasteiger partial charge in [-0.25, -0.2) is 0 Å². The van der Waals surface area contributed by atoms with Crippen LogP contribution in [-0.2, 0) is 4.79 Å². The van der Waals surface area contributed by atoms with Crippen LogP contribution in [-0.4, -0.2) is 11.0 Å². The van der Waals surface area contributed by atoms with Crippen molar-refractivity contribution in [3.8, 4) is 5.75 Å². The minimum absolute atomic E-state index is 0.0666. The number of hydrogen-bond acceptors (Lipinski definition) is 2. The summed E-state index contributed by atoms with van der Waals surface area (Å²) >= 11 is 6.22. The number of fused-ring (bicyclic) bond motifs is 1. The first-order valence-electron chi connectivity index (χ1n) is 6.02. The lowest BCUT2D eigenvalue weighted by Crippen LogP contribution is -2.23. The van der Waals surface area contributed by atoms with Crippen molar-refractivity contribution >= 4 is 23.2 Å². The molecular formula is C15H12ClNO2. The molecule has 1 aliphatic heterocycles. The molecule has 0 spiro atoms. The molecule has 1 heterocycles. The molecule has 0 aliphatic carbocycles. The molecular weight excluding hydrogens is 262 g/mol. The maximum absolute atomic E-state index is 11.8. The molecule has 2 aromatic rings. The fourth-order valence-electron chi connectivity index (χ4n) is 2.49. The average molecular weight is 274 g/mol. The minimum Gasteiger partial charge on any atom is -0.508 e. The Balaban J connectivity index is 2.14. The Bertz CT molecular complexity index is 654. The van der Waals surface area contributed by atoms with Crippen molar-refractivity contribution in [2.75, 3.05) is 5.32 Å². The van der Waals surface area contributed by atoms with E-state index in [2.05, 4.69) is 5.32 Å². The van der Waals surface area contributed by atoms with Gasteiger partial charge in [-0.1, -0.05) is 35.9 Å². The first-order valence-corrected chi connectivity index (χ1v) is 6.40. The third-order valence-electron chi connectivity index (χ3n) is 3.36. The van der Waals surface area contributed by atoms with Crippen LogP contribution in [0.5, 0.6) is 5.75 Å². The highest BCUT2D eigenvalue weighted by molar-refractivity contribution is 6.31. The number of halogens is 1. The highest BCUT2D eigenvalue weighted by Crippen LogP contribution is 2.40. The van der Waals surface area contributed by atoms with E-state index in [9.17, 15) is 9.90 Å². The monoisotopic (exact) mass is 273 g/mol. The topological polar surface area (TPSA) is 49.3 Å². The summed E-state index contributed by atoms with van der Waals surface area (Å²) in [6.45, 7) is 0. The molecule has 3 nitrogen and oxygen atoms in total. The van der Waals surface area contributed by atoms with E-state index >= 15 is 0 Å². The fourth-order valence-corrected chi connectivity index (χ4v) is 2.76. The lowest BCUT2D eigenvalue weighted by atomic mass is 9.85. The molecule has 0 unspecified atom stereocenters. The van der Waals surface area contributed by atoms with Gasteiger partial charge in [0.25, 0.3) is 0 Å². The Labute approximate surface area is 115 Å². The molecule has 1 aliphatic rings. The Hall–Kier alpha value is -2.00. The van der Waals surface area contributed by atoms with Gasteiger partial charge in [0.1, 0.15) is 5.75 Å². The molecule has 3 rings (SSSR count). The Morgan fingerprint density at radius 2 is 1.95 bits per heavy atom. The molecule has 96 valence electrons. The van der Waals surface area contributed by atoms with Gasteiger partial charge in [-0.15, -0.1) is 0 Å². The molecule has 1 amide bonds. The number of rotatable bonds is 1. The molecule has 0 fully saturated rings. The van der Waals surface area contributed by atoms with Gasteiger partial charge in [0, 0.05) is 29.1 Å². The van der Waals surface area contributed by atoms with Crippen molar-refractivity contribution in [1.29, 1.82) is 0 Å². The smallest absolute Gasteiger partial charge is 0.225 e. The van der Waals surface area contributed by atoms with E-state index in [4.69, 9.17) is 11.6 Å². The number of phenols is 1. The van der Waals surface area contributed by atoms with E-state index in [0.717, 1.165) is 11.1 Å². The second-order valence-electron chi connectivity index (χ2n) is 4.60. The standard InChI is InChI=1S/C15H12ClNO2/c16-13-4-2-1-3-10(13)12-8-15(19)17-14-7-9(18)5-6-11(12)14/h1-7,12,18H,8H2,(H,17,19)/t12-/m1/s1. The molecule has 4 heteroatoms. The Kier molecular flexibility index (Phi) is 2.91. The number of carbonyl (C=O) groups excluding carboxylic acids is 1. The molecule has 19 heavy (non-hydrogen) atoms. The van der Waals surface area contributed by atoms with E-state index in [1.54, 1.807) is 12.1 Å². The van der Waals surface area contributed by atoms with Crippen LogP contribution in [0.3, 0.4) is 0 Å². The van der Waals surface area contributed by atoms with E-state index in [-0.39, 0.29) is 17.6 Å². The normalized spacial score (nSPS) is 17.7. The molecule has 0 bridgehead atoms. The maximum atomic E-state index is 11.8. The van der Waals surface area contributed by atoms with Crippen LogP contribution < -0.4 is 5.32 Å². The largest absolute Gasteiger partial charge is 0.508 e. The van der Waals surface area contributed by atoms with Gasteiger partial charge in [-0.05, 0) is 23.3 Å². The van der Waals surface area contributed by atoms with Crippen LogP contribution in [0.1, 0.15) is 23.5 Å². The van der Waals surface area contributed by atoms with Crippen molar-refractivity contribution in [3.05, 3.63) is 58.6 Å². The number of carbonyl (C=O) groups is 1. The van der Waals surface area contributed by atoms with Crippen LogP contribution in [0.4, 0.5) is 5.69 Å². The second-order valence-corrected chi connectivity index (χ2v) is 5.01. The predicted molar refractivity (Wildman–Crippen MR) is 74.6 cm³/mol. The van der Waals surface area contributed by atoms with Crippen molar-refractivity contribution in [1.82, 2.24) is 0 Å². The van der Waals surface area contributed by atoms with Gasteiger partial charge < -0.3 is 10.4 Å². The highest BCUT2D eigenvalue weighted by atomic mass is 35.5. The van der Waals surface area contributed by atoms with Gasteiger partial charge in [-0.3, -0.25) is 4.79 Å². The van der Waals surface area contributed by atoms with Gasteiger partial charge in [0.15, 0.2) is 0 Å². The molecule has 0 aromatic heterocycles. The van der Waals surface area contributed by atoms with Crippen molar-refractivity contribution in [2.24, 2.45) is 0 Å². The molecule has 2 aromatic carbocycles. The van der Waals surface area contributed by atoms with Crippen LogP contribution in [0.25, 0.3) is 0 Å². The summed E-state index contributed by atoms with van der Waals surface area (Å²) in [5.41, 5.74) is 2.57. The molecule has 1 atom stereocenters. The lowest BCUT2D eigenvalue weighted by Gasteiger charge is -2.26. The second kappa shape index (κ2) is 4.59. The fraction of sp³-hybridized carbons (Fsp3) is 0.133. The summed E-state index contributed by atoms with van der Waals surface area (Å²) in [5, 5.41) is 12.9. The number of phenolic OH excluding ortho intramolecular Hbond substituents is 1. The Morgan fingerprint density at radius 3 is 2.74 bits per heavy atom. The predicted octanol–water partition coefficient (Wildman–Crippen LogP) is 3.52. The summed E-state index contributed by atoms with van der Waals surface area (Å²) in [6.07, 6.45) is 0.363. The number of aromatic hydroxyl groups is 1. The first-order chi connectivity index (χ1) is 9.15. The zero-order valence-electron chi connectivity index (χ0n) is 10.1. The highest BCUT2D eigenvalue weighted by Gasteiger charge is 2.27. The van der Waals surface area contributed by atoms with E-state index in [1.165, 1.54) is 0 Å². The van der Waals surface area contributed by atoms with Crippen molar-refractivity contribution in [2.45, 2.75) is 12.3 Å². The molecule has 0 saturated heterocycles. The third kappa shape index (κ3) is 2.17.